The number of nitrogens with zero attached hydrogens (tertiary/aromatic N) is 6. The van der Waals surface area contributed by atoms with Gasteiger partial charge in [0.1, 0.15) is 11.0 Å². The number of para-hydroxylation sites is 6. The van der Waals surface area contributed by atoms with Crippen molar-refractivity contribution in [2.75, 3.05) is 0 Å². The molecular formula is C55H32N6O2. The Kier molecular flexibility index (Phi) is 7.74. The minimum absolute atomic E-state index is 0.581. The molecule has 63 heavy (non-hydrogen) atoms. The molecule has 0 radical (unpaired) electrons. The van der Waals surface area contributed by atoms with Crippen molar-refractivity contribution in [1.29, 1.82) is 0 Å². The third kappa shape index (κ3) is 5.96. The number of hydrogen-bond donors (Lipinski definition) is 0. The lowest BCUT2D eigenvalue weighted by Crippen LogP contribution is -2.01. The van der Waals surface area contributed by atoms with Gasteiger partial charge >= 0.3 is 0 Å². The lowest BCUT2D eigenvalue weighted by Gasteiger charge is -2.11. The maximum atomic E-state index is 6.09. The smallest absolute Gasteiger partial charge is 0.227 e. The number of hydrogen-bond acceptors (Lipinski definition) is 7. The molecule has 294 valence electrons. The molecule has 4 aromatic heterocycles. The van der Waals surface area contributed by atoms with Crippen LogP contribution in [0.3, 0.4) is 0 Å². The zero-order valence-corrected chi connectivity index (χ0v) is 33.5. The Balaban J connectivity index is 0.910. The van der Waals surface area contributed by atoms with Crippen LogP contribution in [0.2, 0.25) is 0 Å². The van der Waals surface area contributed by atoms with Crippen LogP contribution in [0.5, 0.6) is 0 Å². The van der Waals surface area contributed by atoms with E-state index in [1.165, 1.54) is 10.8 Å². The van der Waals surface area contributed by atoms with E-state index < -0.39 is 0 Å². The minimum atomic E-state index is 0.581. The van der Waals surface area contributed by atoms with Crippen molar-refractivity contribution in [2.24, 2.45) is 0 Å². The fourth-order valence-corrected chi connectivity index (χ4v) is 8.75. The maximum absolute atomic E-state index is 6.09. The summed E-state index contributed by atoms with van der Waals surface area (Å²) in [5, 5.41) is 6.65. The number of oxazole rings is 2. The monoisotopic (exact) mass is 808 g/mol. The van der Waals surface area contributed by atoms with Crippen LogP contribution in [0.25, 0.3) is 128 Å². The normalized spacial score (nSPS) is 11.8. The lowest BCUT2D eigenvalue weighted by molar-refractivity contribution is 0.619. The van der Waals surface area contributed by atoms with E-state index in [2.05, 4.69) is 138 Å². The largest absolute Gasteiger partial charge is 0.436 e. The summed E-state index contributed by atoms with van der Waals surface area (Å²) in [5.74, 6) is 2.93. The molecule has 0 saturated carbocycles. The number of rotatable bonds is 6. The van der Waals surface area contributed by atoms with Gasteiger partial charge in [-0.3, -0.25) is 0 Å². The van der Waals surface area contributed by atoms with E-state index in [4.69, 9.17) is 33.8 Å². The van der Waals surface area contributed by atoms with Crippen molar-refractivity contribution in [3.8, 4) is 62.8 Å². The van der Waals surface area contributed by atoms with Gasteiger partial charge < -0.3 is 13.4 Å². The molecular weight excluding hydrogens is 777 g/mol. The molecule has 0 spiro atoms. The SMILES string of the molecule is c1ccc2oc(-c3ccc4cc(-c5nc(-c6ccc(-n7c8ccccc8c8ccccc87)cc6)nc(-c6ccc7cc(-c8nc9ccccc9o8)ccc7c6)n5)ccc4c3)nc2c1. The number of fused-ring (bicyclic) bond motifs is 7. The predicted molar refractivity (Wildman–Crippen MR) is 251 cm³/mol. The van der Waals surface area contributed by atoms with Gasteiger partial charge in [-0.2, -0.15) is 0 Å². The van der Waals surface area contributed by atoms with Gasteiger partial charge in [0.2, 0.25) is 11.8 Å². The molecule has 13 rings (SSSR count). The van der Waals surface area contributed by atoms with Gasteiger partial charge in [-0.1, -0.05) is 97.1 Å². The first-order chi connectivity index (χ1) is 31.1. The third-order valence-corrected chi connectivity index (χ3v) is 11.9. The molecule has 0 amide bonds. The first-order valence-electron chi connectivity index (χ1n) is 20.8. The van der Waals surface area contributed by atoms with E-state index in [1.807, 2.05) is 60.7 Å². The molecule has 9 aromatic carbocycles. The quantitative estimate of drug-likeness (QED) is 0.165. The molecule has 0 N–H and O–H groups in total. The summed E-state index contributed by atoms with van der Waals surface area (Å²) in [7, 11) is 0. The van der Waals surface area contributed by atoms with Crippen LogP contribution < -0.4 is 0 Å². The summed E-state index contributed by atoms with van der Waals surface area (Å²) < 4.78 is 14.5. The van der Waals surface area contributed by atoms with Crippen molar-refractivity contribution in [3.05, 3.63) is 194 Å². The van der Waals surface area contributed by atoms with E-state index in [0.717, 1.165) is 88.3 Å². The van der Waals surface area contributed by atoms with Crippen molar-refractivity contribution >= 4 is 65.6 Å². The lowest BCUT2D eigenvalue weighted by atomic mass is 10.0. The van der Waals surface area contributed by atoms with Crippen molar-refractivity contribution in [3.63, 3.8) is 0 Å². The summed E-state index contributed by atoms with van der Waals surface area (Å²) in [6.45, 7) is 0. The van der Waals surface area contributed by atoms with E-state index in [1.54, 1.807) is 0 Å². The zero-order chi connectivity index (χ0) is 41.4. The number of aromatic nitrogens is 6. The third-order valence-electron chi connectivity index (χ3n) is 11.9. The topological polar surface area (TPSA) is 95.7 Å². The summed E-state index contributed by atoms with van der Waals surface area (Å²) in [6.07, 6.45) is 0. The van der Waals surface area contributed by atoms with Gasteiger partial charge in [0.15, 0.2) is 28.6 Å². The molecule has 0 aliphatic rings. The van der Waals surface area contributed by atoms with Crippen LogP contribution in [0.15, 0.2) is 203 Å². The number of benzene rings is 9. The van der Waals surface area contributed by atoms with E-state index in [-0.39, 0.29) is 0 Å². The van der Waals surface area contributed by atoms with Crippen molar-refractivity contribution in [2.45, 2.75) is 0 Å². The molecule has 8 heteroatoms. The highest BCUT2D eigenvalue weighted by Gasteiger charge is 2.17. The Morgan fingerprint density at radius 1 is 0.317 bits per heavy atom. The summed E-state index contributed by atoms with van der Waals surface area (Å²) >= 11 is 0. The molecule has 8 nitrogen and oxygen atoms in total. The Hall–Kier alpha value is -8.75. The average Bonchev–Trinajstić information content (AvgIpc) is 4.08. The van der Waals surface area contributed by atoms with Gasteiger partial charge in [-0.15, -0.1) is 0 Å². The molecule has 0 bridgehead atoms. The Morgan fingerprint density at radius 2 is 0.698 bits per heavy atom. The fraction of sp³-hybridized carbons (Fsp3) is 0. The van der Waals surface area contributed by atoms with Gasteiger partial charge in [0.25, 0.3) is 0 Å². The van der Waals surface area contributed by atoms with E-state index >= 15 is 0 Å². The first-order valence-corrected chi connectivity index (χ1v) is 20.8. The molecule has 0 aliphatic carbocycles. The van der Waals surface area contributed by atoms with E-state index in [0.29, 0.717) is 29.3 Å². The standard InChI is InChI=1S/C55H32N6O2/c1-5-13-47-43(9-1)44-10-2-6-14-48(44)61(47)42-27-25-33(26-28-42)51-58-52(38-21-17-36-31-40(23-19-34(36)29-38)54-56-45-11-3-7-15-49(45)62-54)60-53(59-51)39-22-18-37-32-41(24-20-35(37)30-39)55-57-46-12-4-8-16-50(46)63-55/h1-32H. The Morgan fingerprint density at radius 3 is 1.17 bits per heavy atom. The van der Waals surface area contributed by atoms with Crippen molar-refractivity contribution in [1.82, 2.24) is 29.5 Å². The molecule has 0 fully saturated rings. The Labute approximate surface area is 359 Å². The van der Waals surface area contributed by atoms with Crippen LogP contribution in [0, 0.1) is 0 Å². The van der Waals surface area contributed by atoms with Crippen molar-refractivity contribution < 1.29 is 8.83 Å². The fourth-order valence-electron chi connectivity index (χ4n) is 8.75. The van der Waals surface area contributed by atoms with Crippen LogP contribution in [-0.4, -0.2) is 29.5 Å². The van der Waals surface area contributed by atoms with Gasteiger partial charge in [0.05, 0.1) is 11.0 Å². The van der Waals surface area contributed by atoms with Gasteiger partial charge in [-0.25, -0.2) is 24.9 Å². The molecule has 4 heterocycles. The minimum Gasteiger partial charge on any atom is -0.436 e. The van der Waals surface area contributed by atoms with Crippen LogP contribution >= 0.6 is 0 Å². The summed E-state index contributed by atoms with van der Waals surface area (Å²) in [5.41, 5.74) is 11.1. The average molecular weight is 809 g/mol. The molecule has 0 aliphatic heterocycles. The highest BCUT2D eigenvalue weighted by molar-refractivity contribution is 6.09. The highest BCUT2D eigenvalue weighted by atomic mass is 16.4. The summed E-state index contributed by atoms with van der Waals surface area (Å²) in [4.78, 5) is 24.9. The summed E-state index contributed by atoms with van der Waals surface area (Å²) in [6, 6.07) is 66.3. The second-order valence-corrected chi connectivity index (χ2v) is 15.7. The first kappa shape index (κ1) is 35.0. The van der Waals surface area contributed by atoms with Crippen LogP contribution in [-0.2, 0) is 0 Å². The van der Waals surface area contributed by atoms with Gasteiger partial charge in [-0.05, 0) is 119 Å². The van der Waals surface area contributed by atoms with E-state index in [9.17, 15) is 0 Å². The van der Waals surface area contributed by atoms with Crippen LogP contribution in [0.1, 0.15) is 0 Å². The highest BCUT2D eigenvalue weighted by Crippen LogP contribution is 2.35. The molecule has 0 atom stereocenters. The second-order valence-electron chi connectivity index (χ2n) is 15.7. The van der Waals surface area contributed by atoms with Crippen LogP contribution in [0.4, 0.5) is 0 Å². The predicted octanol–water partition coefficient (Wildman–Crippen LogP) is 13.9. The zero-order valence-electron chi connectivity index (χ0n) is 33.5. The second kappa shape index (κ2) is 13.9. The maximum Gasteiger partial charge on any atom is 0.227 e. The molecule has 13 aromatic rings. The van der Waals surface area contributed by atoms with Gasteiger partial charge in [0, 0.05) is 44.3 Å². The molecule has 0 saturated heterocycles. The molecule has 0 unspecified atom stereocenters. The Bertz CT molecular complexity index is 3640.